The summed E-state index contributed by atoms with van der Waals surface area (Å²) in [6, 6.07) is 18.6. The van der Waals surface area contributed by atoms with Gasteiger partial charge < -0.3 is 14.8 Å². The fourth-order valence-corrected chi connectivity index (χ4v) is 2.81. The summed E-state index contributed by atoms with van der Waals surface area (Å²) < 4.78 is 5.81. The van der Waals surface area contributed by atoms with Crippen LogP contribution in [-0.2, 0) is 6.54 Å². The molecule has 2 aromatic carbocycles. The van der Waals surface area contributed by atoms with Gasteiger partial charge in [-0.05, 0) is 35.9 Å². The van der Waals surface area contributed by atoms with Gasteiger partial charge in [-0.15, -0.1) is 0 Å². The normalized spacial score (nSPS) is 12.3. The van der Waals surface area contributed by atoms with E-state index in [1.165, 1.54) is 0 Å². The van der Waals surface area contributed by atoms with Crippen LogP contribution in [-0.4, -0.2) is 11.7 Å². The maximum absolute atomic E-state index is 10.1. The molecule has 0 saturated carbocycles. The number of hydrogen-bond donors (Lipinski definition) is 2. The molecule has 0 spiro atoms. The second kappa shape index (κ2) is 7.86. The van der Waals surface area contributed by atoms with E-state index in [1.807, 2.05) is 42.5 Å². The molecule has 1 atom stereocenters. The van der Waals surface area contributed by atoms with Crippen LogP contribution in [0.25, 0.3) is 11.3 Å². The molecule has 0 aliphatic heterocycles. The number of nitrogens with one attached hydrogen (secondary N) is 1. The fourth-order valence-electron chi connectivity index (χ4n) is 2.43. The Labute approximate surface area is 150 Å². The SMILES string of the molecule is O[C@H](CNCc1ccc(-c2cc(Cl)ccc2Cl)o1)c1ccccc1. The predicted octanol–water partition coefficient (Wildman–Crippen LogP) is 5.08. The van der Waals surface area contributed by atoms with Crippen molar-refractivity contribution < 1.29 is 9.52 Å². The van der Waals surface area contributed by atoms with Crippen LogP contribution >= 0.6 is 23.2 Å². The standard InChI is InChI=1S/C19H17Cl2NO2/c20-14-6-8-17(21)16(10-14)19-9-7-15(24-19)11-22-12-18(23)13-4-2-1-3-5-13/h1-10,18,22-23H,11-12H2/t18-/m1/s1. The van der Waals surface area contributed by atoms with Gasteiger partial charge in [0.25, 0.3) is 0 Å². The topological polar surface area (TPSA) is 45.4 Å². The molecule has 1 aromatic heterocycles. The van der Waals surface area contributed by atoms with Gasteiger partial charge in [0.2, 0.25) is 0 Å². The average Bonchev–Trinajstić information content (AvgIpc) is 3.06. The molecule has 0 saturated heterocycles. The van der Waals surface area contributed by atoms with Crippen LogP contribution in [0.4, 0.5) is 0 Å². The van der Waals surface area contributed by atoms with Crippen LogP contribution in [0.3, 0.4) is 0 Å². The minimum Gasteiger partial charge on any atom is -0.460 e. The fraction of sp³-hybridized carbons (Fsp3) is 0.158. The molecule has 0 aliphatic rings. The number of halogens is 2. The van der Waals surface area contributed by atoms with Gasteiger partial charge in [0.1, 0.15) is 11.5 Å². The highest BCUT2D eigenvalue weighted by Crippen LogP contribution is 2.31. The third kappa shape index (κ3) is 4.19. The maximum atomic E-state index is 10.1. The van der Waals surface area contributed by atoms with Crippen molar-refractivity contribution in [1.82, 2.24) is 5.32 Å². The van der Waals surface area contributed by atoms with Gasteiger partial charge in [-0.1, -0.05) is 53.5 Å². The lowest BCUT2D eigenvalue weighted by Crippen LogP contribution is -2.20. The lowest BCUT2D eigenvalue weighted by atomic mass is 10.1. The van der Waals surface area contributed by atoms with E-state index in [-0.39, 0.29) is 0 Å². The first-order valence-electron chi connectivity index (χ1n) is 7.61. The van der Waals surface area contributed by atoms with Gasteiger partial charge in [-0.2, -0.15) is 0 Å². The summed E-state index contributed by atoms with van der Waals surface area (Å²) in [4.78, 5) is 0. The molecule has 124 valence electrons. The molecule has 0 amide bonds. The summed E-state index contributed by atoms with van der Waals surface area (Å²) in [5, 5.41) is 14.5. The summed E-state index contributed by atoms with van der Waals surface area (Å²) in [7, 11) is 0. The number of rotatable bonds is 6. The highest BCUT2D eigenvalue weighted by atomic mass is 35.5. The van der Waals surface area contributed by atoms with Gasteiger partial charge in [-0.3, -0.25) is 0 Å². The van der Waals surface area contributed by atoms with Gasteiger partial charge in [0, 0.05) is 17.1 Å². The lowest BCUT2D eigenvalue weighted by molar-refractivity contribution is 0.173. The molecule has 24 heavy (non-hydrogen) atoms. The predicted molar refractivity (Wildman–Crippen MR) is 97.3 cm³/mol. The first-order valence-corrected chi connectivity index (χ1v) is 8.37. The molecule has 0 unspecified atom stereocenters. The van der Waals surface area contributed by atoms with Crippen LogP contribution in [0.1, 0.15) is 17.4 Å². The maximum Gasteiger partial charge on any atom is 0.135 e. The number of furan rings is 1. The molecule has 0 radical (unpaired) electrons. The van der Waals surface area contributed by atoms with Crippen molar-refractivity contribution in [3.63, 3.8) is 0 Å². The van der Waals surface area contributed by atoms with E-state index in [1.54, 1.807) is 18.2 Å². The zero-order valence-corrected chi connectivity index (χ0v) is 14.4. The Hall–Kier alpha value is -1.78. The summed E-state index contributed by atoms with van der Waals surface area (Å²) in [6.45, 7) is 0.958. The number of hydrogen-bond acceptors (Lipinski definition) is 3. The Morgan fingerprint density at radius 1 is 1.00 bits per heavy atom. The summed E-state index contributed by atoms with van der Waals surface area (Å²) >= 11 is 12.2. The smallest absolute Gasteiger partial charge is 0.135 e. The molecule has 2 N–H and O–H groups in total. The van der Waals surface area contributed by atoms with Crippen molar-refractivity contribution in [2.45, 2.75) is 12.6 Å². The van der Waals surface area contributed by atoms with Crippen molar-refractivity contribution in [3.05, 3.63) is 82.0 Å². The zero-order valence-electron chi connectivity index (χ0n) is 12.9. The molecule has 1 heterocycles. The quantitative estimate of drug-likeness (QED) is 0.643. The van der Waals surface area contributed by atoms with Gasteiger partial charge >= 0.3 is 0 Å². The summed E-state index contributed by atoms with van der Waals surface area (Å²) in [5.74, 6) is 1.43. The molecular formula is C19H17Cl2NO2. The monoisotopic (exact) mass is 361 g/mol. The van der Waals surface area contributed by atoms with Gasteiger partial charge in [0.15, 0.2) is 0 Å². The van der Waals surface area contributed by atoms with E-state index in [0.29, 0.717) is 28.9 Å². The largest absolute Gasteiger partial charge is 0.460 e. The van der Waals surface area contributed by atoms with Crippen LogP contribution in [0, 0.1) is 0 Å². The number of aliphatic hydroxyl groups excluding tert-OH is 1. The zero-order chi connectivity index (χ0) is 16.9. The van der Waals surface area contributed by atoms with Crippen LogP contribution in [0.15, 0.2) is 65.1 Å². The molecule has 0 bridgehead atoms. The second-order valence-electron chi connectivity index (χ2n) is 5.45. The highest BCUT2D eigenvalue weighted by Gasteiger charge is 2.10. The Kier molecular flexibility index (Phi) is 5.59. The van der Waals surface area contributed by atoms with E-state index < -0.39 is 6.10 Å². The Balaban J connectivity index is 1.59. The van der Waals surface area contributed by atoms with E-state index in [9.17, 15) is 5.11 Å². The summed E-state index contributed by atoms with van der Waals surface area (Å²) in [5.41, 5.74) is 1.65. The molecule has 0 aliphatic carbocycles. The van der Waals surface area contributed by atoms with Crippen LogP contribution in [0.5, 0.6) is 0 Å². The van der Waals surface area contributed by atoms with Gasteiger partial charge in [0.05, 0.1) is 17.7 Å². The average molecular weight is 362 g/mol. The Morgan fingerprint density at radius 3 is 2.58 bits per heavy atom. The molecule has 3 nitrogen and oxygen atoms in total. The van der Waals surface area contributed by atoms with Crippen LogP contribution < -0.4 is 5.32 Å². The van der Waals surface area contributed by atoms with Crippen LogP contribution in [0.2, 0.25) is 10.0 Å². The van der Waals surface area contributed by atoms with Gasteiger partial charge in [-0.25, -0.2) is 0 Å². The number of aliphatic hydroxyl groups is 1. The molecule has 5 heteroatoms. The van der Waals surface area contributed by atoms with E-state index in [0.717, 1.165) is 16.9 Å². The molecular weight excluding hydrogens is 345 g/mol. The Bertz CT molecular complexity index is 802. The first-order chi connectivity index (χ1) is 11.6. The minimum atomic E-state index is -0.553. The van der Waals surface area contributed by atoms with Crippen molar-refractivity contribution in [3.8, 4) is 11.3 Å². The van der Waals surface area contributed by atoms with E-state index in [4.69, 9.17) is 27.6 Å². The first kappa shape index (κ1) is 17.1. The molecule has 3 rings (SSSR count). The van der Waals surface area contributed by atoms with Crippen molar-refractivity contribution in [2.24, 2.45) is 0 Å². The third-order valence-electron chi connectivity index (χ3n) is 3.68. The minimum absolute atomic E-state index is 0.442. The second-order valence-corrected chi connectivity index (χ2v) is 6.29. The number of benzene rings is 2. The van der Waals surface area contributed by atoms with Crippen molar-refractivity contribution in [2.75, 3.05) is 6.54 Å². The molecule has 0 fully saturated rings. The Morgan fingerprint density at radius 2 is 1.79 bits per heavy atom. The van der Waals surface area contributed by atoms with Crippen molar-refractivity contribution >= 4 is 23.2 Å². The summed E-state index contributed by atoms with van der Waals surface area (Å²) in [6.07, 6.45) is -0.553. The highest BCUT2D eigenvalue weighted by molar-refractivity contribution is 6.35. The van der Waals surface area contributed by atoms with Crippen molar-refractivity contribution in [1.29, 1.82) is 0 Å². The van der Waals surface area contributed by atoms with E-state index in [2.05, 4.69) is 5.32 Å². The lowest BCUT2D eigenvalue weighted by Gasteiger charge is -2.11. The van der Waals surface area contributed by atoms with E-state index >= 15 is 0 Å². The molecule has 3 aromatic rings. The third-order valence-corrected chi connectivity index (χ3v) is 4.24.